The fourth-order valence-electron chi connectivity index (χ4n) is 9.92. The quantitative estimate of drug-likeness (QED) is 0.138. The number of hydrogen-bond donors (Lipinski definition) is 0. The molecule has 304 valence electrons. The predicted molar refractivity (Wildman–Crippen MR) is 275 cm³/mol. The maximum atomic E-state index is 9.47. The van der Waals surface area contributed by atoms with Crippen molar-refractivity contribution >= 4 is 71.6 Å². The zero-order valence-electron chi connectivity index (χ0n) is 37.6. The summed E-state index contributed by atoms with van der Waals surface area (Å²) in [5.74, 6) is 0. The van der Waals surface area contributed by atoms with Crippen LogP contribution < -0.4 is 4.90 Å². The topological polar surface area (TPSA) is 8.17 Å². The summed E-state index contributed by atoms with van der Waals surface area (Å²) < 4.78 is 23.8. The van der Waals surface area contributed by atoms with Crippen molar-refractivity contribution in [1.29, 1.82) is 0 Å². The van der Waals surface area contributed by atoms with Crippen molar-refractivity contribution in [1.82, 2.24) is 4.57 Å². The van der Waals surface area contributed by atoms with Crippen LogP contribution in [0, 0.1) is 0 Å². The van der Waals surface area contributed by atoms with Gasteiger partial charge in [0.2, 0.25) is 0 Å². The van der Waals surface area contributed by atoms with Crippen LogP contribution in [0.25, 0.3) is 82.4 Å². The zero-order chi connectivity index (χ0) is 44.5. The highest BCUT2D eigenvalue weighted by Gasteiger charge is 2.37. The second-order valence-corrected chi connectivity index (χ2v) is 18.3. The molecule has 11 aromatic rings. The first kappa shape index (κ1) is 35.8. The molecule has 0 fully saturated rings. The van der Waals surface area contributed by atoms with Crippen LogP contribution in [0.15, 0.2) is 218 Å². The summed E-state index contributed by atoms with van der Waals surface area (Å²) in [5.41, 5.74) is 16.0. The minimum absolute atomic E-state index is 0.191. The van der Waals surface area contributed by atoms with E-state index in [0.717, 1.165) is 39.4 Å². The molecule has 0 atom stereocenters. The molecule has 9 aromatic carbocycles. The van der Waals surface area contributed by atoms with Gasteiger partial charge in [0.15, 0.2) is 0 Å². The van der Waals surface area contributed by atoms with Gasteiger partial charge in [0.25, 0.3) is 0 Å². The van der Waals surface area contributed by atoms with Crippen molar-refractivity contribution in [2.45, 2.75) is 19.3 Å². The molecule has 0 N–H and O–H groups in total. The minimum Gasteiger partial charge on any atom is -0.310 e. The van der Waals surface area contributed by atoms with Crippen molar-refractivity contribution < 1.29 is 2.74 Å². The molecule has 1 aliphatic carbocycles. The third-order valence-corrected chi connectivity index (χ3v) is 14.1. The Balaban J connectivity index is 0.941. The zero-order valence-corrected chi connectivity index (χ0v) is 36.4. The lowest BCUT2D eigenvalue weighted by molar-refractivity contribution is 0.661. The van der Waals surface area contributed by atoms with Crippen LogP contribution in [0.4, 0.5) is 17.1 Å². The van der Waals surface area contributed by atoms with E-state index in [1.807, 2.05) is 35.6 Å². The number of hydrogen-bond acceptors (Lipinski definition) is 2. The third-order valence-electron chi connectivity index (χ3n) is 13.0. The van der Waals surface area contributed by atoms with Crippen LogP contribution in [0.2, 0.25) is 0 Å². The highest BCUT2D eigenvalue weighted by atomic mass is 32.1. The molecule has 1 aliphatic rings. The predicted octanol–water partition coefficient (Wildman–Crippen LogP) is 17.3. The van der Waals surface area contributed by atoms with Gasteiger partial charge >= 0.3 is 0 Å². The SMILES string of the molecule is [2H]/C(=C(/[2H])c1ccc2c(c1)C(C)(C)c1cc3c(cc1-2)c(-c1ccccc1)c(-c1ccccc1)n3-c1ccccc1)c1ccc(N(c2ccccc2)c2ccc3sc4ccccc4c3c2)cc1. The molecule has 0 saturated carbocycles. The van der Waals surface area contributed by atoms with Crippen LogP contribution in [0.5, 0.6) is 0 Å². The molecule has 0 unspecified atom stereocenters. The Kier molecular flexibility index (Phi) is 8.55. The van der Waals surface area contributed by atoms with Crippen LogP contribution in [-0.4, -0.2) is 4.57 Å². The summed E-state index contributed by atoms with van der Waals surface area (Å²) >= 11 is 1.82. The smallest absolute Gasteiger partial charge is 0.0629 e. The fraction of sp³-hybridized carbons (Fsp3) is 0.0492. The second-order valence-electron chi connectivity index (χ2n) is 17.2. The number of anilines is 3. The average Bonchev–Trinajstić information content (AvgIpc) is 3.99. The van der Waals surface area contributed by atoms with Crippen molar-refractivity contribution in [2.24, 2.45) is 0 Å². The van der Waals surface area contributed by atoms with Crippen LogP contribution in [-0.2, 0) is 5.41 Å². The molecule has 0 bridgehead atoms. The Morgan fingerprint density at radius 3 is 1.80 bits per heavy atom. The van der Waals surface area contributed by atoms with Gasteiger partial charge in [-0.2, -0.15) is 0 Å². The maximum Gasteiger partial charge on any atom is 0.0629 e. The van der Waals surface area contributed by atoms with E-state index in [1.54, 1.807) is 0 Å². The van der Waals surface area contributed by atoms with Crippen LogP contribution in [0.3, 0.4) is 0 Å². The van der Waals surface area contributed by atoms with Gasteiger partial charge in [-0.1, -0.05) is 172 Å². The second kappa shape index (κ2) is 15.3. The minimum atomic E-state index is -0.357. The molecule has 2 nitrogen and oxygen atoms in total. The molecule has 2 aromatic heterocycles. The van der Waals surface area contributed by atoms with Gasteiger partial charge in [-0.25, -0.2) is 0 Å². The fourth-order valence-corrected chi connectivity index (χ4v) is 11.0. The van der Waals surface area contributed by atoms with Crippen molar-refractivity contribution in [3.8, 4) is 39.2 Å². The lowest BCUT2D eigenvalue weighted by Gasteiger charge is -2.25. The lowest BCUT2D eigenvalue weighted by atomic mass is 9.81. The van der Waals surface area contributed by atoms with Gasteiger partial charge in [-0.15, -0.1) is 11.3 Å². The summed E-state index contributed by atoms with van der Waals surface area (Å²) in [6.07, 6.45) is 0. The van der Waals surface area contributed by atoms with Crippen molar-refractivity contribution in [2.75, 3.05) is 4.90 Å². The third kappa shape index (κ3) is 6.31. The van der Waals surface area contributed by atoms with Gasteiger partial charge in [-0.05, 0) is 117 Å². The van der Waals surface area contributed by atoms with E-state index in [2.05, 4.69) is 217 Å². The van der Waals surface area contributed by atoms with Crippen LogP contribution in [0.1, 0.15) is 38.8 Å². The molecule has 0 aliphatic heterocycles. The molecule has 2 heterocycles. The molecular weight excluding hydrogens is 793 g/mol. The molecular formula is C61H44N2S. The Hall–Kier alpha value is -7.72. The van der Waals surface area contributed by atoms with E-state index in [4.69, 9.17) is 0 Å². The molecule has 3 heteroatoms. The van der Waals surface area contributed by atoms with E-state index < -0.39 is 0 Å². The van der Waals surface area contributed by atoms with E-state index in [-0.39, 0.29) is 17.5 Å². The van der Waals surface area contributed by atoms with E-state index in [9.17, 15) is 2.74 Å². The lowest BCUT2D eigenvalue weighted by Crippen LogP contribution is -2.15. The van der Waals surface area contributed by atoms with Gasteiger partial charge in [-0.3, -0.25) is 0 Å². The Morgan fingerprint density at radius 2 is 1.05 bits per heavy atom. The first-order chi connectivity index (χ1) is 32.3. The number of fused-ring (bicyclic) bond motifs is 7. The van der Waals surface area contributed by atoms with E-state index in [0.29, 0.717) is 5.56 Å². The summed E-state index contributed by atoms with van der Waals surface area (Å²) in [4.78, 5) is 2.26. The molecule has 0 saturated heterocycles. The molecule has 0 spiro atoms. The van der Waals surface area contributed by atoms with E-state index >= 15 is 0 Å². The summed E-state index contributed by atoms with van der Waals surface area (Å²) in [6.45, 7) is 4.59. The molecule has 0 radical (unpaired) electrons. The van der Waals surface area contributed by atoms with Gasteiger partial charge in [0, 0.05) is 59.3 Å². The van der Waals surface area contributed by atoms with Gasteiger partial charge < -0.3 is 9.47 Å². The average molecular weight is 839 g/mol. The number of rotatable bonds is 8. The Bertz CT molecular complexity index is 3660. The highest BCUT2D eigenvalue weighted by Crippen LogP contribution is 2.53. The largest absolute Gasteiger partial charge is 0.310 e. The number of thiophene rings is 1. The number of benzene rings is 9. The van der Waals surface area contributed by atoms with Crippen LogP contribution >= 0.6 is 11.3 Å². The normalized spacial score (nSPS) is 13.7. The first-order valence-electron chi connectivity index (χ1n) is 22.9. The Morgan fingerprint density at radius 1 is 0.469 bits per heavy atom. The van der Waals surface area contributed by atoms with Crippen molar-refractivity contribution in [3.05, 3.63) is 241 Å². The Labute approximate surface area is 381 Å². The summed E-state index contributed by atoms with van der Waals surface area (Å²) in [6, 6.07) is 77.6. The van der Waals surface area contributed by atoms with Gasteiger partial charge in [0.1, 0.15) is 0 Å². The highest BCUT2D eigenvalue weighted by molar-refractivity contribution is 7.25. The van der Waals surface area contributed by atoms with E-state index in [1.165, 1.54) is 64.6 Å². The summed E-state index contributed by atoms with van der Waals surface area (Å²) in [5, 5.41) is 3.70. The number of aromatic nitrogens is 1. The molecule has 12 rings (SSSR count). The van der Waals surface area contributed by atoms with Crippen molar-refractivity contribution in [3.63, 3.8) is 0 Å². The number of para-hydroxylation sites is 2. The monoisotopic (exact) mass is 838 g/mol. The molecule has 0 amide bonds. The standard InChI is InChI=1S/C61H44N2S/c1-61(2)54-37-42(28-27-41-29-32-47(33-30-41)62(45-21-11-5-12-22-45)48-34-36-58-52(38-48)50-25-15-16-26-57(50)64-58)31-35-49(54)51-39-53-56(40-55(51)61)63(46-23-13-6-14-24-46)60(44-19-9-4-10-20-44)59(53)43-17-7-3-8-18-43/h3-40H,1-2H3/b28-27+/i27D,28D. The maximum absolute atomic E-state index is 9.47. The first-order valence-corrected chi connectivity index (χ1v) is 22.7. The summed E-state index contributed by atoms with van der Waals surface area (Å²) in [7, 11) is 0. The van der Waals surface area contributed by atoms with Gasteiger partial charge in [0.05, 0.1) is 14.0 Å². The number of nitrogens with zero attached hydrogens (tertiary/aromatic N) is 2. The molecule has 64 heavy (non-hydrogen) atoms.